The van der Waals surface area contributed by atoms with Crippen LogP contribution >= 0.6 is 11.6 Å². The van der Waals surface area contributed by atoms with E-state index in [0.717, 1.165) is 17.1 Å². The van der Waals surface area contributed by atoms with Gasteiger partial charge in [0, 0.05) is 30.2 Å². The molecule has 0 spiro atoms. The summed E-state index contributed by atoms with van der Waals surface area (Å²) in [6.07, 6.45) is 1.97. The summed E-state index contributed by atoms with van der Waals surface area (Å²) in [7, 11) is 3.41. The number of rotatable bonds is 5. The van der Waals surface area contributed by atoms with Gasteiger partial charge < -0.3 is 18.6 Å². The normalized spacial score (nSPS) is 11.0. The second-order valence-electron chi connectivity index (χ2n) is 6.38. The minimum Gasteiger partial charge on any atom is -0.497 e. The molecule has 0 atom stereocenters. The molecule has 7 heteroatoms. The first-order chi connectivity index (χ1) is 13.5. The van der Waals surface area contributed by atoms with Crippen LogP contribution in [-0.2, 0) is 6.54 Å². The van der Waals surface area contributed by atoms with Crippen molar-refractivity contribution in [3.8, 4) is 11.4 Å². The number of hydrogen-bond acceptors (Lipinski definition) is 4. The lowest BCUT2D eigenvalue weighted by molar-refractivity contribution is 0.0783. The van der Waals surface area contributed by atoms with E-state index >= 15 is 0 Å². The highest BCUT2D eigenvalue weighted by Crippen LogP contribution is 2.22. The predicted octanol–water partition coefficient (Wildman–Crippen LogP) is 4.55. The van der Waals surface area contributed by atoms with Gasteiger partial charge in [0.2, 0.25) is 0 Å². The molecular formula is C21H18ClN3O3. The van der Waals surface area contributed by atoms with E-state index < -0.39 is 0 Å². The molecule has 0 radical (unpaired) electrons. The first kappa shape index (κ1) is 18.1. The van der Waals surface area contributed by atoms with Crippen LogP contribution < -0.4 is 4.74 Å². The molecule has 4 rings (SSSR count). The Morgan fingerprint density at radius 2 is 2.00 bits per heavy atom. The van der Waals surface area contributed by atoms with Gasteiger partial charge in [-0.25, -0.2) is 0 Å². The number of carbonyl (C=O) groups is 1. The number of amides is 1. The molecule has 0 saturated carbocycles. The first-order valence-electron chi connectivity index (χ1n) is 8.67. The van der Waals surface area contributed by atoms with E-state index in [-0.39, 0.29) is 11.3 Å². The number of hydrogen-bond donors (Lipinski definition) is 0. The summed E-state index contributed by atoms with van der Waals surface area (Å²) in [6.45, 7) is 0.451. The van der Waals surface area contributed by atoms with Gasteiger partial charge in [-0.2, -0.15) is 4.98 Å². The number of fused-ring (bicyclic) bond motifs is 1. The van der Waals surface area contributed by atoms with Crippen LogP contribution in [-0.4, -0.2) is 34.5 Å². The van der Waals surface area contributed by atoms with Crippen LogP contribution in [0.25, 0.3) is 16.8 Å². The third kappa shape index (κ3) is 3.46. The van der Waals surface area contributed by atoms with Crippen molar-refractivity contribution in [2.45, 2.75) is 6.54 Å². The van der Waals surface area contributed by atoms with Gasteiger partial charge in [-0.3, -0.25) is 4.79 Å². The van der Waals surface area contributed by atoms with Crippen LogP contribution in [0.3, 0.4) is 0 Å². The zero-order chi connectivity index (χ0) is 19.7. The molecule has 0 bridgehead atoms. The molecule has 28 heavy (non-hydrogen) atoms. The van der Waals surface area contributed by atoms with E-state index in [1.807, 2.05) is 47.2 Å². The van der Waals surface area contributed by atoms with E-state index in [1.54, 1.807) is 37.3 Å². The Labute approximate surface area is 166 Å². The molecule has 4 aromatic rings. The van der Waals surface area contributed by atoms with Crippen molar-refractivity contribution in [1.29, 1.82) is 0 Å². The van der Waals surface area contributed by atoms with Gasteiger partial charge in [0.05, 0.1) is 13.7 Å². The molecular weight excluding hydrogens is 378 g/mol. The molecule has 0 N–H and O–H groups in total. The van der Waals surface area contributed by atoms with Crippen LogP contribution in [0.1, 0.15) is 16.1 Å². The molecule has 2 aromatic carbocycles. The number of oxazole rings is 1. The zero-order valence-corrected chi connectivity index (χ0v) is 16.2. The summed E-state index contributed by atoms with van der Waals surface area (Å²) in [5.74, 6) is 0.685. The number of carbonyl (C=O) groups excluding carboxylic acids is 1. The maximum atomic E-state index is 12.9. The zero-order valence-electron chi connectivity index (χ0n) is 15.4. The maximum absolute atomic E-state index is 12.9. The second-order valence-corrected chi connectivity index (χ2v) is 6.70. The number of aromatic nitrogens is 2. The highest BCUT2D eigenvalue weighted by Gasteiger charge is 2.16. The predicted molar refractivity (Wildman–Crippen MR) is 107 cm³/mol. The fourth-order valence-electron chi connectivity index (χ4n) is 3.10. The van der Waals surface area contributed by atoms with Crippen molar-refractivity contribution in [2.24, 2.45) is 0 Å². The van der Waals surface area contributed by atoms with E-state index in [2.05, 4.69) is 4.98 Å². The number of nitrogens with zero attached hydrogens (tertiary/aromatic N) is 3. The molecule has 0 fully saturated rings. The molecule has 2 aromatic heterocycles. The third-order valence-electron chi connectivity index (χ3n) is 4.54. The lowest BCUT2D eigenvalue weighted by Crippen LogP contribution is -2.27. The Morgan fingerprint density at radius 3 is 2.75 bits per heavy atom. The summed E-state index contributed by atoms with van der Waals surface area (Å²) in [4.78, 5) is 18.6. The summed E-state index contributed by atoms with van der Waals surface area (Å²) >= 11 is 5.78. The van der Waals surface area contributed by atoms with Crippen LogP contribution in [0.15, 0.2) is 65.2 Å². The van der Waals surface area contributed by atoms with Crippen LogP contribution in [0.2, 0.25) is 5.35 Å². The fraction of sp³-hybridized carbons (Fsp3) is 0.143. The molecule has 0 aliphatic heterocycles. The highest BCUT2D eigenvalue weighted by molar-refractivity contribution is 6.28. The number of halogens is 1. The lowest BCUT2D eigenvalue weighted by atomic mass is 10.2. The number of benzene rings is 2. The third-order valence-corrected chi connectivity index (χ3v) is 4.70. The Bertz CT molecular complexity index is 1130. The SMILES string of the molecule is COc1ccc(-n2cccc2CN(C)C(=O)c2ccc3nc(Cl)oc3c2)cc1. The van der Waals surface area contributed by atoms with Crippen LogP contribution in [0.5, 0.6) is 5.75 Å². The molecule has 0 aliphatic carbocycles. The maximum Gasteiger partial charge on any atom is 0.293 e. The smallest absolute Gasteiger partial charge is 0.293 e. The standard InChI is InChI=1S/C21H18ClN3O3/c1-24(20(26)14-5-10-18-19(12-14)28-21(22)23-18)13-16-4-3-11-25(16)15-6-8-17(27-2)9-7-15/h3-12H,13H2,1-2H3. The van der Waals surface area contributed by atoms with Gasteiger partial charge >= 0.3 is 0 Å². The Hall–Kier alpha value is -3.25. The number of methoxy groups -OCH3 is 1. The van der Waals surface area contributed by atoms with Gasteiger partial charge in [0.15, 0.2) is 5.58 Å². The minimum atomic E-state index is -0.114. The van der Waals surface area contributed by atoms with Crippen molar-refractivity contribution >= 4 is 28.6 Å². The van der Waals surface area contributed by atoms with Gasteiger partial charge in [-0.15, -0.1) is 0 Å². The Kier molecular flexibility index (Phi) is 4.79. The van der Waals surface area contributed by atoms with Gasteiger partial charge in [-0.1, -0.05) is 0 Å². The van der Waals surface area contributed by atoms with Crippen molar-refractivity contribution in [3.63, 3.8) is 0 Å². The Morgan fingerprint density at radius 1 is 1.21 bits per heavy atom. The largest absolute Gasteiger partial charge is 0.497 e. The van der Waals surface area contributed by atoms with E-state index in [1.165, 1.54) is 0 Å². The molecule has 0 saturated heterocycles. The minimum absolute atomic E-state index is 0.0604. The summed E-state index contributed by atoms with van der Waals surface area (Å²) in [5.41, 5.74) is 3.62. The molecule has 142 valence electrons. The topological polar surface area (TPSA) is 60.5 Å². The highest BCUT2D eigenvalue weighted by atomic mass is 35.5. The average Bonchev–Trinajstić information content (AvgIpc) is 3.32. The van der Waals surface area contributed by atoms with Gasteiger partial charge in [0.1, 0.15) is 11.3 Å². The summed E-state index contributed by atoms with van der Waals surface area (Å²) in [6, 6.07) is 16.8. The molecule has 0 aliphatic rings. The Balaban J connectivity index is 1.55. The average molecular weight is 396 g/mol. The molecule has 6 nitrogen and oxygen atoms in total. The van der Waals surface area contributed by atoms with Crippen molar-refractivity contribution in [1.82, 2.24) is 14.5 Å². The summed E-state index contributed by atoms with van der Waals surface area (Å²) in [5, 5.41) is 0.0604. The second kappa shape index (κ2) is 7.40. The van der Waals surface area contributed by atoms with E-state index in [9.17, 15) is 4.79 Å². The molecule has 1 amide bonds. The van der Waals surface area contributed by atoms with Crippen molar-refractivity contribution < 1.29 is 13.9 Å². The van der Waals surface area contributed by atoms with Crippen molar-refractivity contribution in [3.05, 3.63) is 77.4 Å². The molecule has 0 unspecified atom stereocenters. The summed E-state index contributed by atoms with van der Waals surface area (Å²) < 4.78 is 12.6. The quantitative estimate of drug-likeness (QED) is 0.497. The van der Waals surface area contributed by atoms with Crippen molar-refractivity contribution in [2.75, 3.05) is 14.2 Å². The monoisotopic (exact) mass is 395 g/mol. The number of ether oxygens (including phenoxy) is 1. The van der Waals surface area contributed by atoms with Gasteiger partial charge in [0.25, 0.3) is 11.3 Å². The lowest BCUT2D eigenvalue weighted by Gasteiger charge is -2.19. The van der Waals surface area contributed by atoms with Gasteiger partial charge in [-0.05, 0) is 66.2 Å². The molecule has 2 heterocycles. The van der Waals surface area contributed by atoms with Crippen LogP contribution in [0, 0.1) is 0 Å². The van der Waals surface area contributed by atoms with E-state index in [4.69, 9.17) is 20.8 Å². The first-order valence-corrected chi connectivity index (χ1v) is 9.05. The van der Waals surface area contributed by atoms with E-state index in [0.29, 0.717) is 23.2 Å². The van der Waals surface area contributed by atoms with Crippen LogP contribution in [0.4, 0.5) is 0 Å². The fourth-order valence-corrected chi connectivity index (χ4v) is 3.28.